The van der Waals surface area contributed by atoms with Crippen molar-refractivity contribution >= 4 is 40.8 Å². The summed E-state index contributed by atoms with van der Waals surface area (Å²) in [5.74, 6) is 3.11. The molecule has 0 N–H and O–H groups in total. The molecule has 8 aliphatic rings. The van der Waals surface area contributed by atoms with E-state index in [1.54, 1.807) is 59.4 Å². The molecule has 10 aromatic carbocycles. The van der Waals surface area contributed by atoms with Gasteiger partial charge in [0.15, 0.2) is 0 Å². The van der Waals surface area contributed by atoms with Crippen molar-refractivity contribution in [3.05, 3.63) is 334 Å². The molecule has 0 amide bonds. The zero-order chi connectivity index (χ0) is 104. The summed E-state index contributed by atoms with van der Waals surface area (Å²) in [6.45, 7) is 70.2. The molecular weight excluding hydrogens is 1800 g/mol. The van der Waals surface area contributed by atoms with Gasteiger partial charge in [-0.1, -0.05) is 341 Å². The van der Waals surface area contributed by atoms with E-state index in [9.17, 15) is 30.7 Å². The molecule has 0 unspecified atom stereocenters. The van der Waals surface area contributed by atoms with Crippen LogP contribution in [0.5, 0.6) is 0 Å². The molecule has 1 nitrogen and oxygen atoms in total. The van der Waals surface area contributed by atoms with Crippen LogP contribution in [-0.4, -0.2) is 25.6 Å². The first-order chi connectivity index (χ1) is 64.7. The molecule has 0 atom stereocenters. The van der Waals surface area contributed by atoms with Crippen molar-refractivity contribution in [1.29, 1.82) is 0 Å². The fourth-order valence-electron chi connectivity index (χ4n) is 17.9. The molecule has 1 heterocycles. The van der Waals surface area contributed by atoms with Crippen LogP contribution in [-0.2, 0) is 59.8 Å². The molecule has 1 aliphatic heterocycles. The van der Waals surface area contributed by atoms with Crippen molar-refractivity contribution in [2.45, 2.75) is 429 Å². The van der Waals surface area contributed by atoms with Crippen molar-refractivity contribution in [3.63, 3.8) is 0 Å². The predicted octanol–water partition coefficient (Wildman–Crippen LogP) is 40.2. The standard InChI is InChI=1S/C14H19F.C14H20.C13H17Cl.2C13H16F2.C13H18FN.C13H17F.C13H18.C12H18S.C11H16S/c1-14(2,3)12-8-7-11(9-13(12)15)10-5-4-6-10;1-10-9-12(11-5-6-11)7-8-13(10)14(2,3)4;1-13(2,3)11-7-6-10(8-12(11)14)9-4-5-9;1-13(2,3)10-7-11(14)9(6-12(10)15)8-4-5-8;1-12(2,3)10-5-4-9(8-11(10)14)13(15)6-7-13;1-13(2,3)11-6-5-10(9-12(11)14)15-7-4-8-15;1-13(2,3)11-7-6-10(8-12(11)14)9-4-5-9;1-13(2,3)12-8-6-11(7-9-12)10-4-5-10;1-9-8-10(13-5)6-7-11(9)12(2,3)4;1-11(2,3)9-5-7-10(12-4)8-6-9/h7-10H,4-6H2,1-3H3;7-9,11H,5-6H2,1-4H3;6-9H,4-5H2,1-3H3;6-8H,4-5H2,1-3H3;4-5,8H,6-7H2,1-3H3;5-6,9H,4,7-8H2,1-3H3;6-9H,4-5H2,1-3H3;6-10H,4-5H2,1-3H3;6-8H,1-5H3;5-8H,1-4H3. The van der Waals surface area contributed by atoms with Crippen LogP contribution in [0.3, 0.4) is 0 Å². The van der Waals surface area contributed by atoms with Crippen LogP contribution < -0.4 is 4.90 Å². The summed E-state index contributed by atoms with van der Waals surface area (Å²) in [5, 5.41) is 0.932. The van der Waals surface area contributed by atoms with Gasteiger partial charge in [0.25, 0.3) is 0 Å². The Labute approximate surface area is 859 Å². The normalized spacial score (nSPS) is 16.3. The van der Waals surface area contributed by atoms with Gasteiger partial charge in [-0.15, -0.1) is 23.5 Å². The molecule has 10 aromatic rings. The maximum absolute atomic E-state index is 13.9. The van der Waals surface area contributed by atoms with Crippen LogP contribution in [0.15, 0.2) is 198 Å². The van der Waals surface area contributed by atoms with Crippen LogP contribution in [0.25, 0.3) is 0 Å². The van der Waals surface area contributed by atoms with Gasteiger partial charge in [0.2, 0.25) is 0 Å². The highest BCUT2D eigenvalue weighted by Gasteiger charge is 2.46. The highest BCUT2D eigenvalue weighted by molar-refractivity contribution is 7.98. The lowest BCUT2D eigenvalue weighted by atomic mass is 9.78. The second-order valence-electron chi connectivity index (χ2n) is 51.3. The van der Waals surface area contributed by atoms with E-state index in [0.29, 0.717) is 52.3 Å². The summed E-state index contributed by atoms with van der Waals surface area (Å²) in [6, 6.07) is 63.0. The minimum absolute atomic E-state index is 0.0353. The quantitative estimate of drug-likeness (QED) is 0.0992. The minimum Gasteiger partial charge on any atom is -0.371 e. The Morgan fingerprint density at radius 2 is 0.579 bits per heavy atom. The number of hydrogen-bond donors (Lipinski definition) is 0. The molecule has 11 heteroatoms. The number of nitrogens with zero attached hydrogens (tertiary/aromatic N) is 1. The Kier molecular flexibility index (Phi) is 39.2. The molecule has 0 radical (unpaired) electrons. The van der Waals surface area contributed by atoms with Crippen molar-refractivity contribution < 1.29 is 30.7 Å². The lowest BCUT2D eigenvalue weighted by Gasteiger charge is -2.33. The van der Waals surface area contributed by atoms with Gasteiger partial charge < -0.3 is 4.90 Å². The smallest absolute Gasteiger partial charge is 0.136 e. The number of hydrogen-bond acceptors (Lipinski definition) is 3. The largest absolute Gasteiger partial charge is 0.371 e. The van der Waals surface area contributed by atoms with Gasteiger partial charge in [0.05, 0.1) is 0 Å². The van der Waals surface area contributed by atoms with Gasteiger partial charge in [-0.25, -0.2) is 30.7 Å². The third-order valence-electron chi connectivity index (χ3n) is 28.1. The van der Waals surface area contributed by atoms with E-state index in [4.69, 9.17) is 11.6 Å². The van der Waals surface area contributed by atoms with Gasteiger partial charge in [-0.2, -0.15) is 0 Å². The SMILES string of the molecule is CC(C)(C)c1cc(F)c(C2CC2)cc1F.CC(C)(C)c1ccc(C2(F)CC2)cc1F.CC(C)(C)c1ccc(C2CC2)cc1.CC(C)(C)c1ccc(C2CC2)cc1Cl.CC(C)(C)c1ccc(C2CC2)cc1F.CC(C)(C)c1ccc(C2CCC2)cc1F.CC(C)(C)c1ccc(N2CCC2)cc1F.CSc1ccc(C(C)(C)C)c(C)c1.CSc1ccc(C(C)(C)C)cc1.Cc1cc(C2CC2)ccc1C(C)(C)C. The second kappa shape index (κ2) is 47.3. The van der Waals surface area contributed by atoms with Crippen LogP contribution in [0, 0.1) is 48.8 Å². The van der Waals surface area contributed by atoms with Gasteiger partial charge in [-0.05, 0) is 391 Å². The van der Waals surface area contributed by atoms with Crippen LogP contribution in [0.2, 0.25) is 5.02 Å². The topological polar surface area (TPSA) is 3.24 Å². The van der Waals surface area contributed by atoms with Crippen molar-refractivity contribution in [3.8, 4) is 0 Å². The highest BCUT2D eigenvalue weighted by Crippen LogP contribution is 2.52. The second-order valence-corrected chi connectivity index (χ2v) is 53.5. The van der Waals surface area contributed by atoms with Crippen molar-refractivity contribution in [2.75, 3.05) is 30.5 Å². The molecule has 140 heavy (non-hydrogen) atoms. The summed E-state index contributed by atoms with van der Waals surface area (Å²) in [7, 11) is 0. The first kappa shape index (κ1) is 116. The van der Waals surface area contributed by atoms with E-state index < -0.39 is 5.67 Å². The summed E-state index contributed by atoms with van der Waals surface area (Å²) in [6.07, 6.45) is 23.0. The van der Waals surface area contributed by atoms with Gasteiger partial charge in [0, 0.05) is 33.6 Å². The Morgan fingerprint density at radius 3 is 0.893 bits per heavy atom. The van der Waals surface area contributed by atoms with Crippen LogP contribution in [0.4, 0.5) is 36.4 Å². The number of alkyl halides is 1. The molecule has 7 aliphatic carbocycles. The third kappa shape index (κ3) is 35.2. The Hall–Kier alpha value is -7.50. The zero-order valence-electron chi connectivity index (χ0n) is 92.4. The number of halogens is 8. The van der Waals surface area contributed by atoms with E-state index in [2.05, 4.69) is 271 Å². The van der Waals surface area contributed by atoms with E-state index in [1.807, 2.05) is 107 Å². The molecule has 0 spiro atoms. The van der Waals surface area contributed by atoms with E-state index in [-0.39, 0.29) is 89.6 Å². The fraction of sp³-hybridized carbons (Fsp3) is 0.535. The Bertz CT molecular complexity index is 5430. The van der Waals surface area contributed by atoms with Crippen molar-refractivity contribution in [1.82, 2.24) is 0 Å². The maximum Gasteiger partial charge on any atom is 0.136 e. The fourth-order valence-corrected chi connectivity index (χ4v) is 19.2. The van der Waals surface area contributed by atoms with Gasteiger partial charge in [-0.3, -0.25) is 0 Å². The minimum atomic E-state index is -1.24. The molecule has 0 aromatic heterocycles. The van der Waals surface area contributed by atoms with E-state index in [0.717, 1.165) is 71.1 Å². The average Bonchev–Trinajstić information content (AvgIpc) is 1.62. The molecule has 8 fully saturated rings. The molecule has 0 bridgehead atoms. The van der Waals surface area contributed by atoms with E-state index >= 15 is 0 Å². The average molecular weight is 1970 g/mol. The summed E-state index contributed by atoms with van der Waals surface area (Å²) >= 11 is 9.88. The highest BCUT2D eigenvalue weighted by atomic mass is 35.5. The van der Waals surface area contributed by atoms with Crippen LogP contribution in [0.1, 0.15) is 452 Å². The molecular formula is C129H175ClF7NS2. The lowest BCUT2D eigenvalue weighted by molar-refractivity contribution is 0.316. The van der Waals surface area contributed by atoms with Crippen molar-refractivity contribution in [2.24, 2.45) is 0 Å². The molecule has 18 rings (SSSR count). The van der Waals surface area contributed by atoms with Gasteiger partial charge in [0.1, 0.15) is 40.6 Å². The van der Waals surface area contributed by atoms with E-state index in [1.165, 1.54) is 166 Å². The number of thioether (sulfide) groups is 2. The summed E-state index contributed by atoms with van der Waals surface area (Å²) in [4.78, 5) is 4.89. The van der Waals surface area contributed by atoms with Gasteiger partial charge >= 0.3 is 0 Å². The first-order valence-electron chi connectivity index (χ1n) is 52.1. The number of aryl methyl sites for hydroxylation is 2. The molecule has 1 saturated heterocycles. The third-order valence-corrected chi connectivity index (χ3v) is 29.9. The molecule has 764 valence electrons. The summed E-state index contributed by atoms with van der Waals surface area (Å²) < 4.78 is 96.3. The Morgan fingerprint density at radius 1 is 0.271 bits per heavy atom. The maximum atomic E-state index is 13.9. The number of anilines is 1. The number of benzene rings is 10. The van der Waals surface area contributed by atoms with Crippen LogP contribution >= 0.6 is 35.1 Å². The first-order valence-corrected chi connectivity index (χ1v) is 55.0. The Balaban J connectivity index is 0.000000174. The molecule has 7 saturated carbocycles. The lowest BCUT2D eigenvalue weighted by Crippen LogP contribution is -2.37. The number of rotatable bonds is 10. The predicted molar refractivity (Wildman–Crippen MR) is 595 cm³/mol. The zero-order valence-corrected chi connectivity index (χ0v) is 94.8. The monoisotopic (exact) mass is 1970 g/mol. The summed E-state index contributed by atoms with van der Waals surface area (Å²) in [5.41, 5.74) is 21.6.